The Morgan fingerprint density at radius 3 is 2.22 bits per heavy atom. The molecule has 5 N–H and O–H groups in total. The summed E-state index contributed by atoms with van der Waals surface area (Å²) >= 11 is 1.60. The lowest BCUT2D eigenvalue weighted by atomic mass is 9.80. The number of aryl methyl sites for hydroxylation is 1. The molecule has 1 aliphatic carbocycles. The van der Waals surface area contributed by atoms with Crippen molar-refractivity contribution >= 4 is 46.4 Å². The molecule has 9 heterocycles. The fourth-order valence-electron chi connectivity index (χ4n) is 14.6. The van der Waals surface area contributed by atoms with Gasteiger partial charge in [0, 0.05) is 108 Å². The van der Waals surface area contributed by atoms with Crippen molar-refractivity contribution in [2.75, 3.05) is 81.0 Å². The van der Waals surface area contributed by atoms with Crippen LogP contribution in [0.5, 0.6) is 5.75 Å². The van der Waals surface area contributed by atoms with Crippen LogP contribution in [0.4, 0.5) is 17.3 Å². The molecule has 6 aliphatic heterocycles. The third-order valence-electron chi connectivity index (χ3n) is 19.3. The van der Waals surface area contributed by atoms with Crippen LogP contribution in [0.3, 0.4) is 0 Å². The van der Waals surface area contributed by atoms with E-state index in [1.807, 2.05) is 81.7 Å². The number of nitrogens with two attached hydrogens (primary N) is 1. The highest BCUT2D eigenvalue weighted by Gasteiger charge is 2.47. The molecule has 82 heavy (non-hydrogen) atoms. The average molecular weight is 1140 g/mol. The molecule has 5 aromatic rings. The lowest BCUT2D eigenvalue weighted by Gasteiger charge is -2.48. The quantitative estimate of drug-likeness (QED) is 0.0764. The Kier molecular flexibility index (Phi) is 16.6. The normalized spacial score (nSPS) is 25.9. The molecule has 0 radical (unpaired) electrons. The number of para-hydroxylation sites is 1. The first kappa shape index (κ1) is 56.3. The van der Waals surface area contributed by atoms with Crippen molar-refractivity contribution < 1.29 is 33.9 Å². The SMILES string of the molecule is Cc1ncsc1-c1ccc([C@H](C)NC(=O)[C@@H]2C[C@@H](O)CN2C(=O)[C@@H](c2cc(N3CCC(CN4CCC(O[C@H]5C[C@H](C(=O)N6CCC(N7C8CCC7CN(c7cc(-c9ccccc9O)nnc7N)C8)CC6)C5)CC4)CC3)no2)C(C)C)cc1. The number of aliphatic hydroxyl groups excluding tert-OH is 1. The second-order valence-corrected chi connectivity index (χ2v) is 25.8. The number of anilines is 3. The van der Waals surface area contributed by atoms with Gasteiger partial charge in [0.1, 0.15) is 17.7 Å². The summed E-state index contributed by atoms with van der Waals surface area (Å²) in [7, 11) is 0. The maximum Gasteiger partial charge on any atom is 0.243 e. The van der Waals surface area contributed by atoms with Gasteiger partial charge < -0.3 is 55.0 Å². The summed E-state index contributed by atoms with van der Waals surface area (Å²) in [5.41, 5.74) is 13.4. The molecule has 7 aliphatic rings. The molecule has 19 nitrogen and oxygen atoms in total. The van der Waals surface area contributed by atoms with Crippen molar-refractivity contribution in [3.05, 3.63) is 83.2 Å². The Bertz CT molecular complexity index is 3020. The number of phenols is 1. The second-order valence-electron chi connectivity index (χ2n) is 25.0. The number of hydrogen-bond acceptors (Lipinski definition) is 17. The van der Waals surface area contributed by atoms with Gasteiger partial charge in [-0.3, -0.25) is 19.3 Å². The molecule has 12 rings (SSSR count). The highest BCUT2D eigenvalue weighted by molar-refractivity contribution is 7.13. The van der Waals surface area contributed by atoms with Gasteiger partial charge >= 0.3 is 0 Å². The summed E-state index contributed by atoms with van der Waals surface area (Å²) in [4.78, 5) is 61.2. The van der Waals surface area contributed by atoms with Crippen molar-refractivity contribution in [3.8, 4) is 27.4 Å². The number of amides is 3. The Hall–Kier alpha value is -6.19. The van der Waals surface area contributed by atoms with Gasteiger partial charge in [-0.2, -0.15) is 0 Å². The van der Waals surface area contributed by atoms with Crippen LogP contribution >= 0.6 is 11.3 Å². The number of nitrogens with one attached hydrogen (secondary N) is 1. The van der Waals surface area contributed by atoms with Crippen molar-refractivity contribution in [3.63, 3.8) is 0 Å². The van der Waals surface area contributed by atoms with E-state index in [-0.39, 0.29) is 60.6 Å². The highest BCUT2D eigenvalue weighted by Crippen LogP contribution is 2.41. The van der Waals surface area contributed by atoms with Gasteiger partial charge in [0.15, 0.2) is 17.4 Å². The zero-order valence-corrected chi connectivity index (χ0v) is 48.8. The number of thiazole rings is 1. The summed E-state index contributed by atoms with van der Waals surface area (Å²) < 4.78 is 12.6. The monoisotopic (exact) mass is 1140 g/mol. The Morgan fingerprint density at radius 2 is 1.54 bits per heavy atom. The number of rotatable bonds is 16. The van der Waals surface area contributed by atoms with Crippen LogP contribution in [-0.2, 0) is 19.1 Å². The van der Waals surface area contributed by atoms with E-state index in [0.29, 0.717) is 52.8 Å². The molecule has 3 amide bonds. The second kappa shape index (κ2) is 24.2. The minimum Gasteiger partial charge on any atom is -0.507 e. The molecular formula is C62H82N12O7S. The van der Waals surface area contributed by atoms with Gasteiger partial charge in [-0.25, -0.2) is 4.98 Å². The van der Waals surface area contributed by atoms with E-state index in [2.05, 4.69) is 50.2 Å². The van der Waals surface area contributed by atoms with E-state index in [9.17, 15) is 24.6 Å². The summed E-state index contributed by atoms with van der Waals surface area (Å²) in [5, 5.41) is 37.5. The number of benzene rings is 2. The maximum absolute atomic E-state index is 14.4. The highest BCUT2D eigenvalue weighted by atomic mass is 32.1. The van der Waals surface area contributed by atoms with Crippen LogP contribution in [0.2, 0.25) is 0 Å². The predicted molar refractivity (Wildman–Crippen MR) is 315 cm³/mol. The first-order chi connectivity index (χ1) is 39.7. The molecule has 6 saturated heterocycles. The lowest BCUT2D eigenvalue weighted by molar-refractivity contribution is -0.151. The molecule has 2 bridgehead atoms. The molecule has 2 aromatic carbocycles. The van der Waals surface area contributed by atoms with Crippen LogP contribution in [0, 0.1) is 24.7 Å². The first-order valence-electron chi connectivity index (χ1n) is 30.3. The van der Waals surface area contributed by atoms with Gasteiger partial charge in [-0.1, -0.05) is 55.4 Å². The number of carbonyl (C=O) groups is 3. The average Bonchev–Trinajstić information content (AvgIpc) is 4.41. The molecule has 7 fully saturated rings. The number of nitrogen functional groups attached to an aromatic ring is 1. The fraction of sp³-hybridized carbons (Fsp3) is 0.597. The number of hydrogen-bond donors (Lipinski definition) is 4. The third kappa shape index (κ3) is 11.8. The fourth-order valence-corrected chi connectivity index (χ4v) is 15.4. The number of likely N-dealkylation sites (tertiary alicyclic amines) is 3. The molecule has 438 valence electrons. The summed E-state index contributed by atoms with van der Waals surface area (Å²) in [5.74, 6) is 1.46. The zero-order chi connectivity index (χ0) is 56.8. The van der Waals surface area contributed by atoms with Gasteiger partial charge in [0.05, 0.1) is 51.8 Å². The van der Waals surface area contributed by atoms with E-state index >= 15 is 0 Å². The smallest absolute Gasteiger partial charge is 0.243 e. The Balaban J connectivity index is 0.547. The summed E-state index contributed by atoms with van der Waals surface area (Å²) in [6.07, 6.45) is 9.89. The van der Waals surface area contributed by atoms with E-state index < -0.39 is 18.1 Å². The Labute approximate surface area is 485 Å². The predicted octanol–water partition coefficient (Wildman–Crippen LogP) is 7.25. The van der Waals surface area contributed by atoms with Crippen LogP contribution in [0.15, 0.2) is 70.7 Å². The minimum atomic E-state index is -0.804. The number of piperidine rings is 3. The number of aromatic nitrogens is 4. The summed E-state index contributed by atoms with van der Waals surface area (Å²) in [6, 6.07) is 19.4. The van der Waals surface area contributed by atoms with E-state index in [1.54, 1.807) is 23.5 Å². The number of fused-ring (bicyclic) bond motifs is 2. The van der Waals surface area contributed by atoms with Gasteiger partial charge in [-0.05, 0) is 119 Å². The van der Waals surface area contributed by atoms with Crippen LogP contribution in [0.1, 0.15) is 120 Å². The molecule has 6 atom stereocenters. The number of carbonyl (C=O) groups excluding carboxylic acids is 3. The largest absolute Gasteiger partial charge is 0.507 e. The Morgan fingerprint density at radius 1 is 0.817 bits per heavy atom. The molecule has 2 unspecified atom stereocenters. The number of β-amino-alcohol motifs (C(OH)–C–C–N with tert-alkyl or cyclic N) is 1. The molecule has 20 heteroatoms. The molecule has 1 saturated carbocycles. The van der Waals surface area contributed by atoms with Crippen LogP contribution in [-0.4, -0.2) is 176 Å². The zero-order valence-electron chi connectivity index (χ0n) is 48.0. The third-order valence-corrected chi connectivity index (χ3v) is 20.3. The van der Waals surface area contributed by atoms with Crippen molar-refractivity contribution in [2.24, 2.45) is 17.8 Å². The van der Waals surface area contributed by atoms with Crippen LogP contribution < -0.4 is 20.9 Å². The van der Waals surface area contributed by atoms with Crippen LogP contribution in [0.25, 0.3) is 21.7 Å². The van der Waals surface area contributed by atoms with Gasteiger partial charge in [0.2, 0.25) is 17.7 Å². The lowest BCUT2D eigenvalue weighted by Crippen LogP contribution is -2.60. The molecule has 0 spiro atoms. The minimum absolute atomic E-state index is 0.0692. The number of aliphatic hydroxyl groups is 1. The van der Waals surface area contributed by atoms with Gasteiger partial charge in [-0.15, -0.1) is 21.5 Å². The van der Waals surface area contributed by atoms with Gasteiger partial charge in [0.25, 0.3) is 0 Å². The first-order valence-corrected chi connectivity index (χ1v) is 31.2. The number of piperazine rings is 1. The van der Waals surface area contributed by atoms with E-state index in [1.165, 1.54) is 4.90 Å². The number of aromatic hydroxyl groups is 1. The van der Waals surface area contributed by atoms with Crippen molar-refractivity contribution in [1.82, 2.24) is 45.3 Å². The molecule has 3 aromatic heterocycles. The standard InChI is InChI=1S/C62H82N12O7S/c1-37(2)57(62(79)73-35-47(75)29-53(73)60(77)65-38(3)41-9-11-42(12-10-41)58-39(4)64-36-82-58)55-31-56(68-81-55)70-23-15-40(16-24-70)32-69-21-19-48(20-22-69)80-49-27-43(28-49)61(78)71-25-17-44(18-26-71)74-45-13-14-46(74)34-72(33-45)52-30-51(66-67-59(52)63)50-7-5-6-8-54(50)76/h5-12,30-31,36-38,40,43-49,53,57,75-76H,13-29,32-35H2,1-4H3,(H2,63,67)(H,65,77)/t38-,43-,45?,46?,47+,49-,53-,57+/m0/s1. The number of nitrogens with zero attached hydrogens (tertiary/aromatic N) is 10. The van der Waals surface area contributed by atoms with Crippen molar-refractivity contribution in [1.29, 1.82) is 0 Å². The summed E-state index contributed by atoms with van der Waals surface area (Å²) in [6.45, 7) is 16.2. The van der Waals surface area contributed by atoms with Crippen molar-refractivity contribution in [2.45, 2.75) is 153 Å². The van der Waals surface area contributed by atoms with E-state index in [0.717, 1.165) is 156 Å². The number of ether oxygens (including phenoxy) is 1. The molecular weight excluding hydrogens is 1060 g/mol. The van der Waals surface area contributed by atoms with E-state index in [4.69, 9.17) is 15.0 Å². The maximum atomic E-state index is 14.4. The number of phenolic OH excluding ortho intramolecular Hbond substituents is 1. The topological polar surface area (TPSA) is 223 Å².